The first kappa shape index (κ1) is 17.1. The summed E-state index contributed by atoms with van der Waals surface area (Å²) < 4.78 is 0. The summed E-state index contributed by atoms with van der Waals surface area (Å²) in [4.78, 5) is 25.5. The lowest BCUT2D eigenvalue weighted by Crippen LogP contribution is -2.33. The van der Waals surface area contributed by atoms with Crippen molar-refractivity contribution in [3.63, 3.8) is 0 Å². The van der Waals surface area contributed by atoms with Gasteiger partial charge in [0.1, 0.15) is 0 Å². The molecule has 0 radical (unpaired) electrons. The summed E-state index contributed by atoms with van der Waals surface area (Å²) in [5.41, 5.74) is 1.51. The van der Waals surface area contributed by atoms with Gasteiger partial charge in [0.05, 0.1) is 6.42 Å². The molecule has 1 aromatic rings. The second kappa shape index (κ2) is 8.36. The van der Waals surface area contributed by atoms with Crippen molar-refractivity contribution in [3.8, 4) is 0 Å². The molecular weight excluding hydrogens is 290 g/mol. The van der Waals surface area contributed by atoms with E-state index in [1.54, 1.807) is 19.0 Å². The fourth-order valence-electron chi connectivity index (χ4n) is 2.56. The highest BCUT2D eigenvalue weighted by atomic mass is 16.2. The van der Waals surface area contributed by atoms with E-state index in [-0.39, 0.29) is 18.4 Å². The lowest BCUT2D eigenvalue weighted by atomic mass is 9.94. The molecule has 0 saturated carbocycles. The first-order valence-corrected chi connectivity index (χ1v) is 8.04. The molecule has 0 heterocycles. The zero-order chi connectivity index (χ0) is 16.7. The Balaban J connectivity index is 1.89. The fraction of sp³-hybridized carbons (Fsp3) is 0.444. The number of para-hydroxylation sites is 1. The molecule has 1 aliphatic carbocycles. The number of allylic oxidation sites excluding steroid dienone is 2. The van der Waals surface area contributed by atoms with E-state index in [9.17, 15) is 9.59 Å². The van der Waals surface area contributed by atoms with Gasteiger partial charge in [0.2, 0.25) is 5.91 Å². The monoisotopic (exact) mass is 315 g/mol. The number of carbonyl (C=O) groups is 2. The van der Waals surface area contributed by atoms with Crippen molar-refractivity contribution < 1.29 is 9.59 Å². The van der Waals surface area contributed by atoms with Gasteiger partial charge in [-0.15, -0.1) is 0 Å². The molecule has 1 atom stereocenters. The van der Waals surface area contributed by atoms with E-state index < -0.39 is 0 Å². The van der Waals surface area contributed by atoms with Crippen LogP contribution < -0.4 is 10.6 Å². The molecule has 0 spiro atoms. The summed E-state index contributed by atoms with van der Waals surface area (Å²) in [6.45, 7) is 0.676. The van der Waals surface area contributed by atoms with Crippen LogP contribution in [0.2, 0.25) is 0 Å². The van der Waals surface area contributed by atoms with Gasteiger partial charge in [0.25, 0.3) is 0 Å². The summed E-state index contributed by atoms with van der Waals surface area (Å²) in [6.07, 6.45) is 7.86. The van der Waals surface area contributed by atoms with Gasteiger partial charge in [0.15, 0.2) is 0 Å². The van der Waals surface area contributed by atoms with Gasteiger partial charge in [0, 0.05) is 26.3 Å². The maximum Gasteiger partial charge on any atom is 0.319 e. The second-order valence-electron chi connectivity index (χ2n) is 6.11. The van der Waals surface area contributed by atoms with Crippen LogP contribution in [0.15, 0.2) is 36.4 Å². The van der Waals surface area contributed by atoms with Crippen LogP contribution in [0.25, 0.3) is 0 Å². The number of carbonyl (C=O) groups excluding carboxylic acids is 2. The Morgan fingerprint density at radius 1 is 1.22 bits per heavy atom. The van der Waals surface area contributed by atoms with Gasteiger partial charge >= 0.3 is 6.03 Å². The van der Waals surface area contributed by atoms with Gasteiger partial charge in [-0.3, -0.25) is 4.79 Å². The number of hydrogen-bond donors (Lipinski definition) is 2. The van der Waals surface area contributed by atoms with Gasteiger partial charge in [-0.05, 0) is 36.8 Å². The Morgan fingerprint density at radius 2 is 2.00 bits per heavy atom. The van der Waals surface area contributed by atoms with E-state index in [1.807, 2.05) is 24.3 Å². The first-order chi connectivity index (χ1) is 11.1. The van der Waals surface area contributed by atoms with Crippen LogP contribution in [0.1, 0.15) is 24.8 Å². The number of hydrogen-bond acceptors (Lipinski definition) is 2. The number of rotatable bonds is 5. The Hall–Kier alpha value is -2.30. The molecule has 2 rings (SSSR count). The van der Waals surface area contributed by atoms with E-state index in [1.165, 1.54) is 0 Å². The van der Waals surface area contributed by atoms with E-state index in [0.717, 1.165) is 24.8 Å². The molecule has 0 aromatic heterocycles. The first-order valence-electron chi connectivity index (χ1n) is 8.04. The molecule has 5 heteroatoms. The van der Waals surface area contributed by atoms with Gasteiger partial charge < -0.3 is 15.5 Å². The lowest BCUT2D eigenvalue weighted by molar-refractivity contribution is -0.127. The summed E-state index contributed by atoms with van der Waals surface area (Å²) in [6, 6.07) is 7.19. The smallest absolute Gasteiger partial charge is 0.319 e. The van der Waals surface area contributed by atoms with E-state index >= 15 is 0 Å². The standard InChI is InChI=1S/C18H25N3O2/c1-21(2)17(22)12-15-10-6-7-11-16(15)20-18(23)19-13-14-8-4-3-5-9-14/h3-4,6-7,10-11,14H,5,8-9,12-13H2,1-2H3,(H2,19,20,23). The molecule has 0 saturated heterocycles. The highest BCUT2D eigenvalue weighted by Gasteiger charge is 2.13. The average molecular weight is 315 g/mol. The molecule has 124 valence electrons. The van der Waals surface area contributed by atoms with E-state index in [4.69, 9.17) is 0 Å². The van der Waals surface area contributed by atoms with Crippen molar-refractivity contribution in [3.05, 3.63) is 42.0 Å². The topological polar surface area (TPSA) is 61.4 Å². The summed E-state index contributed by atoms with van der Waals surface area (Å²) >= 11 is 0. The molecule has 5 nitrogen and oxygen atoms in total. The highest BCUT2D eigenvalue weighted by molar-refractivity contribution is 5.91. The van der Waals surface area contributed by atoms with Crippen molar-refractivity contribution in [1.82, 2.24) is 10.2 Å². The van der Waals surface area contributed by atoms with Crippen molar-refractivity contribution in [2.75, 3.05) is 26.0 Å². The number of likely N-dealkylation sites (N-methyl/N-ethyl adjacent to an activating group) is 1. The number of nitrogens with one attached hydrogen (secondary N) is 2. The summed E-state index contributed by atoms with van der Waals surface area (Å²) in [5.74, 6) is 0.518. The van der Waals surface area contributed by atoms with Crippen LogP contribution in [-0.4, -0.2) is 37.5 Å². The molecule has 1 aliphatic rings. The van der Waals surface area contributed by atoms with Crippen LogP contribution >= 0.6 is 0 Å². The van der Waals surface area contributed by atoms with Gasteiger partial charge in [-0.2, -0.15) is 0 Å². The van der Waals surface area contributed by atoms with Crippen molar-refractivity contribution in [2.45, 2.75) is 25.7 Å². The van der Waals surface area contributed by atoms with Crippen molar-refractivity contribution in [1.29, 1.82) is 0 Å². The third-order valence-corrected chi connectivity index (χ3v) is 4.04. The van der Waals surface area contributed by atoms with Crippen molar-refractivity contribution in [2.24, 2.45) is 5.92 Å². The number of nitrogens with zero attached hydrogens (tertiary/aromatic N) is 1. The largest absolute Gasteiger partial charge is 0.349 e. The van der Waals surface area contributed by atoms with Crippen LogP contribution in [0.3, 0.4) is 0 Å². The predicted molar refractivity (Wildman–Crippen MR) is 92.3 cm³/mol. The number of anilines is 1. The second-order valence-corrected chi connectivity index (χ2v) is 6.11. The minimum Gasteiger partial charge on any atom is -0.349 e. The van der Waals surface area contributed by atoms with E-state index in [0.29, 0.717) is 18.2 Å². The molecular formula is C18H25N3O2. The minimum absolute atomic E-state index is 0.00801. The Kier molecular flexibility index (Phi) is 6.20. The molecule has 1 unspecified atom stereocenters. The molecule has 23 heavy (non-hydrogen) atoms. The third-order valence-electron chi connectivity index (χ3n) is 4.04. The predicted octanol–water partition coefficient (Wildman–Crippen LogP) is 2.80. The Morgan fingerprint density at radius 3 is 2.70 bits per heavy atom. The molecule has 0 bridgehead atoms. The zero-order valence-electron chi connectivity index (χ0n) is 13.8. The molecule has 2 N–H and O–H groups in total. The Labute approximate surface area is 137 Å². The average Bonchev–Trinajstić information content (AvgIpc) is 2.55. The number of amides is 3. The van der Waals surface area contributed by atoms with Crippen LogP contribution in [-0.2, 0) is 11.2 Å². The SMILES string of the molecule is CN(C)C(=O)Cc1ccccc1NC(=O)NCC1CC=CCC1. The van der Waals surface area contributed by atoms with E-state index in [2.05, 4.69) is 22.8 Å². The normalized spacial score (nSPS) is 16.7. The van der Waals surface area contributed by atoms with Gasteiger partial charge in [-0.1, -0.05) is 30.4 Å². The third kappa shape index (κ3) is 5.43. The summed E-state index contributed by atoms with van der Waals surface area (Å²) in [7, 11) is 3.45. The summed E-state index contributed by atoms with van der Waals surface area (Å²) in [5, 5.41) is 5.78. The van der Waals surface area contributed by atoms with Crippen LogP contribution in [0, 0.1) is 5.92 Å². The molecule has 0 fully saturated rings. The molecule has 1 aromatic carbocycles. The number of urea groups is 1. The highest BCUT2D eigenvalue weighted by Crippen LogP contribution is 2.18. The quantitative estimate of drug-likeness (QED) is 0.821. The molecule has 0 aliphatic heterocycles. The number of benzene rings is 1. The lowest BCUT2D eigenvalue weighted by Gasteiger charge is -2.19. The van der Waals surface area contributed by atoms with Crippen LogP contribution in [0.5, 0.6) is 0 Å². The fourth-order valence-corrected chi connectivity index (χ4v) is 2.56. The molecule has 3 amide bonds. The maximum absolute atomic E-state index is 12.1. The van der Waals surface area contributed by atoms with Crippen molar-refractivity contribution >= 4 is 17.6 Å². The van der Waals surface area contributed by atoms with Gasteiger partial charge in [-0.25, -0.2) is 4.79 Å². The minimum atomic E-state index is -0.218. The van der Waals surface area contributed by atoms with Crippen LogP contribution in [0.4, 0.5) is 10.5 Å². The zero-order valence-corrected chi connectivity index (χ0v) is 13.8. The Bertz CT molecular complexity index is 581. The maximum atomic E-state index is 12.1.